The molecule has 0 saturated heterocycles. The molecule has 1 aromatic rings. The number of nitrogens with one attached hydrogen (secondary N) is 3. The van der Waals surface area contributed by atoms with Gasteiger partial charge < -0.3 is 20.9 Å². The summed E-state index contributed by atoms with van der Waals surface area (Å²) in [6.45, 7) is 7.89. The van der Waals surface area contributed by atoms with Gasteiger partial charge in [-0.1, -0.05) is 12.1 Å². The summed E-state index contributed by atoms with van der Waals surface area (Å²) in [7, 11) is 3.85. The molecule has 146 valence electrons. The lowest BCUT2D eigenvalue weighted by Crippen LogP contribution is -2.48. The molecule has 0 aliphatic carbocycles. The van der Waals surface area contributed by atoms with Gasteiger partial charge in [0, 0.05) is 38.4 Å². The van der Waals surface area contributed by atoms with Crippen LogP contribution in [0.25, 0.3) is 0 Å². The highest BCUT2D eigenvalue weighted by Gasteiger charge is 2.15. The summed E-state index contributed by atoms with van der Waals surface area (Å²) in [5, 5.41) is 9.24. The number of amides is 1. The van der Waals surface area contributed by atoms with Crippen molar-refractivity contribution in [1.82, 2.24) is 16.0 Å². The molecule has 1 aromatic carbocycles. The third-order valence-electron chi connectivity index (χ3n) is 4.11. The summed E-state index contributed by atoms with van der Waals surface area (Å²) in [5.74, 6) is 0.575. The Kier molecular flexibility index (Phi) is 8.66. The second kappa shape index (κ2) is 9.99. The fourth-order valence-electron chi connectivity index (χ4n) is 2.98. The van der Waals surface area contributed by atoms with Crippen molar-refractivity contribution in [2.45, 2.75) is 45.7 Å². The quantitative estimate of drug-likeness (QED) is 0.357. The molecule has 0 atom stereocenters. The molecule has 0 fully saturated rings. The Labute approximate surface area is 174 Å². The minimum atomic E-state index is -0.230. The largest absolute Gasteiger partial charge is 0.374 e. The van der Waals surface area contributed by atoms with E-state index in [4.69, 9.17) is 0 Å². The van der Waals surface area contributed by atoms with E-state index >= 15 is 0 Å². The summed E-state index contributed by atoms with van der Waals surface area (Å²) < 4.78 is 0. The summed E-state index contributed by atoms with van der Waals surface area (Å²) in [6, 6.07) is 6.60. The highest BCUT2D eigenvalue weighted by Crippen LogP contribution is 2.26. The molecule has 1 amide bonds. The summed E-state index contributed by atoms with van der Waals surface area (Å²) in [6.07, 6.45) is 2.33. The van der Waals surface area contributed by atoms with Gasteiger partial charge in [0.05, 0.1) is 6.54 Å². The molecule has 1 heterocycles. The number of nitrogens with zero attached hydrogens (tertiary/aromatic N) is 2. The van der Waals surface area contributed by atoms with E-state index in [0.717, 1.165) is 13.0 Å². The Morgan fingerprint density at radius 2 is 2.00 bits per heavy atom. The van der Waals surface area contributed by atoms with Gasteiger partial charge in [-0.2, -0.15) is 0 Å². The Hall–Kier alpha value is -1.51. The van der Waals surface area contributed by atoms with Crippen LogP contribution in [0.15, 0.2) is 23.2 Å². The topological polar surface area (TPSA) is 68.8 Å². The predicted molar refractivity (Wildman–Crippen MR) is 120 cm³/mol. The van der Waals surface area contributed by atoms with Gasteiger partial charge in [-0.3, -0.25) is 9.79 Å². The smallest absolute Gasteiger partial charge is 0.239 e. The maximum absolute atomic E-state index is 11.9. The van der Waals surface area contributed by atoms with Gasteiger partial charge in [-0.05, 0) is 50.8 Å². The second-order valence-corrected chi connectivity index (χ2v) is 7.57. The molecule has 2 rings (SSSR count). The van der Waals surface area contributed by atoms with Crippen molar-refractivity contribution >= 4 is 41.5 Å². The Balaban J connectivity index is 0.00000338. The van der Waals surface area contributed by atoms with Crippen molar-refractivity contribution < 1.29 is 4.79 Å². The fourth-order valence-corrected chi connectivity index (χ4v) is 2.98. The Morgan fingerprint density at radius 1 is 1.27 bits per heavy atom. The number of anilines is 1. The maximum atomic E-state index is 11.9. The summed E-state index contributed by atoms with van der Waals surface area (Å²) in [5.41, 5.74) is 3.72. The first-order valence-corrected chi connectivity index (χ1v) is 8.87. The van der Waals surface area contributed by atoms with Gasteiger partial charge >= 0.3 is 0 Å². The molecule has 0 radical (unpaired) electrons. The van der Waals surface area contributed by atoms with Gasteiger partial charge in [0.2, 0.25) is 5.91 Å². The highest BCUT2D eigenvalue weighted by molar-refractivity contribution is 14.0. The van der Waals surface area contributed by atoms with Crippen LogP contribution in [0.4, 0.5) is 5.69 Å². The minimum absolute atomic E-state index is 0. The van der Waals surface area contributed by atoms with E-state index in [-0.39, 0.29) is 42.0 Å². The van der Waals surface area contributed by atoms with Crippen molar-refractivity contribution in [2.75, 3.05) is 32.1 Å². The molecule has 1 aliphatic rings. The molecule has 6 nitrogen and oxygen atoms in total. The van der Waals surface area contributed by atoms with Gasteiger partial charge in [0.1, 0.15) is 0 Å². The van der Waals surface area contributed by atoms with Crippen LogP contribution in [0.5, 0.6) is 0 Å². The standard InChI is InChI=1S/C19H31N5O.HI/c1-19(2,3)23-17(25)13-22-18(20-4)21-12-14-8-9-16-15(11-14)7-6-10-24(16)5;/h8-9,11H,6-7,10,12-13H2,1-5H3,(H,23,25)(H2,20,21,22);1H. The molecule has 1 aliphatic heterocycles. The van der Waals surface area contributed by atoms with Crippen LogP contribution in [0.3, 0.4) is 0 Å². The number of benzene rings is 1. The molecule has 3 N–H and O–H groups in total. The molecule has 0 spiro atoms. The van der Waals surface area contributed by atoms with Gasteiger partial charge in [0.25, 0.3) is 0 Å². The molecule has 0 aromatic heterocycles. The number of aliphatic imine (C=N–C) groups is 1. The first-order chi connectivity index (χ1) is 11.8. The second-order valence-electron chi connectivity index (χ2n) is 7.57. The van der Waals surface area contributed by atoms with Crippen LogP contribution in [0.1, 0.15) is 38.3 Å². The SMILES string of the molecule is CN=C(NCC(=O)NC(C)(C)C)NCc1ccc2c(c1)CCCN2C.I. The number of rotatable bonds is 4. The average Bonchev–Trinajstić information content (AvgIpc) is 2.53. The van der Waals surface area contributed by atoms with Crippen molar-refractivity contribution in [3.05, 3.63) is 29.3 Å². The number of hydrogen-bond acceptors (Lipinski definition) is 3. The number of aryl methyl sites for hydroxylation is 1. The Bertz CT molecular complexity index is 639. The van der Waals surface area contributed by atoms with Gasteiger partial charge in [0.15, 0.2) is 5.96 Å². The number of guanidine groups is 1. The molecule has 0 bridgehead atoms. The number of carbonyl (C=O) groups excluding carboxylic acids is 1. The lowest BCUT2D eigenvalue weighted by molar-refractivity contribution is -0.121. The zero-order valence-corrected chi connectivity index (χ0v) is 18.8. The van der Waals surface area contributed by atoms with E-state index < -0.39 is 0 Å². The molecule has 7 heteroatoms. The van der Waals surface area contributed by atoms with E-state index in [1.54, 1.807) is 7.05 Å². The molecular weight excluding hydrogens is 441 g/mol. The van der Waals surface area contributed by atoms with E-state index in [2.05, 4.69) is 51.1 Å². The van der Waals surface area contributed by atoms with Crippen LogP contribution in [0, 0.1) is 0 Å². The highest BCUT2D eigenvalue weighted by atomic mass is 127. The molecular formula is C19H32IN5O. The van der Waals surface area contributed by atoms with Crippen LogP contribution in [-0.2, 0) is 17.8 Å². The summed E-state index contributed by atoms with van der Waals surface area (Å²) in [4.78, 5) is 18.4. The molecule has 0 saturated carbocycles. The van der Waals surface area contributed by atoms with Gasteiger partial charge in [-0.25, -0.2) is 0 Å². The van der Waals surface area contributed by atoms with Gasteiger partial charge in [-0.15, -0.1) is 24.0 Å². The molecule has 0 unspecified atom stereocenters. The van der Waals surface area contributed by atoms with E-state index in [1.165, 1.54) is 23.2 Å². The number of carbonyl (C=O) groups is 1. The van der Waals surface area contributed by atoms with Crippen LogP contribution in [0.2, 0.25) is 0 Å². The van der Waals surface area contributed by atoms with E-state index in [0.29, 0.717) is 12.5 Å². The van der Waals surface area contributed by atoms with Crippen LogP contribution < -0.4 is 20.9 Å². The van der Waals surface area contributed by atoms with Crippen molar-refractivity contribution in [3.8, 4) is 0 Å². The van der Waals surface area contributed by atoms with Crippen molar-refractivity contribution in [1.29, 1.82) is 0 Å². The van der Waals surface area contributed by atoms with Crippen molar-refractivity contribution in [3.63, 3.8) is 0 Å². The third kappa shape index (κ3) is 7.01. The number of hydrogen-bond donors (Lipinski definition) is 3. The zero-order valence-electron chi connectivity index (χ0n) is 16.5. The van der Waals surface area contributed by atoms with Crippen LogP contribution >= 0.6 is 24.0 Å². The number of fused-ring (bicyclic) bond motifs is 1. The lowest BCUT2D eigenvalue weighted by Gasteiger charge is -2.28. The minimum Gasteiger partial charge on any atom is -0.374 e. The first-order valence-electron chi connectivity index (χ1n) is 8.87. The first kappa shape index (κ1) is 22.5. The van der Waals surface area contributed by atoms with Crippen LogP contribution in [-0.4, -0.2) is 44.6 Å². The zero-order chi connectivity index (χ0) is 18.4. The number of halogens is 1. The normalized spacial score (nSPS) is 14.2. The fraction of sp³-hybridized carbons (Fsp3) is 0.579. The Morgan fingerprint density at radius 3 is 2.65 bits per heavy atom. The third-order valence-corrected chi connectivity index (χ3v) is 4.11. The maximum Gasteiger partial charge on any atom is 0.239 e. The summed E-state index contributed by atoms with van der Waals surface area (Å²) >= 11 is 0. The lowest BCUT2D eigenvalue weighted by atomic mass is 9.99. The average molecular weight is 473 g/mol. The van der Waals surface area contributed by atoms with E-state index in [9.17, 15) is 4.79 Å². The predicted octanol–water partition coefficient (Wildman–Crippen LogP) is 2.27. The van der Waals surface area contributed by atoms with Crippen molar-refractivity contribution in [2.24, 2.45) is 4.99 Å². The monoisotopic (exact) mass is 473 g/mol. The molecule has 26 heavy (non-hydrogen) atoms. The van der Waals surface area contributed by atoms with E-state index in [1.807, 2.05) is 20.8 Å².